The second-order valence-corrected chi connectivity index (χ2v) is 6.59. The van der Waals surface area contributed by atoms with E-state index < -0.39 is 13.0 Å². The van der Waals surface area contributed by atoms with Crippen LogP contribution in [0.4, 0.5) is 5.69 Å². The highest BCUT2D eigenvalue weighted by molar-refractivity contribution is 5.99. The molecule has 6 nitrogen and oxygen atoms in total. The number of nitrogens with zero attached hydrogens (tertiary/aromatic N) is 2. The largest absolute Gasteiger partial charge is 0.496 e. The molecule has 1 aromatic carbocycles. The molecule has 3 rings (SSSR count). The number of fused-ring (bicyclic) bond motifs is 1. The number of carbonyl (C=O) groups is 1. The molecule has 1 aliphatic rings. The Morgan fingerprint density at radius 2 is 2.21 bits per heavy atom. The number of benzene rings is 1. The minimum Gasteiger partial charge on any atom is -0.496 e. The molecule has 1 N–H and O–H groups in total. The molecule has 1 aromatic heterocycles. The number of hydrogen-bond donors (Lipinski definition) is 1. The van der Waals surface area contributed by atoms with Crippen molar-refractivity contribution in [3.05, 3.63) is 57.9 Å². The number of carbonyl (C=O) groups excluding carboxylic acids is 1. The number of anilines is 1. The maximum atomic E-state index is 12.7. The molecule has 2 aromatic rings. The third kappa shape index (κ3) is 3.20. The predicted octanol–water partition coefficient (Wildman–Crippen LogP) is 4.09. The molecule has 0 bridgehead atoms. The lowest BCUT2D eigenvalue weighted by Crippen LogP contribution is -2.24. The first-order chi connectivity index (χ1) is 14.6. The third-order valence-corrected chi connectivity index (χ3v) is 4.79. The van der Waals surface area contributed by atoms with Crippen LogP contribution in [-0.2, 0) is 4.79 Å². The fourth-order valence-corrected chi connectivity index (χ4v) is 3.62. The fraction of sp³-hybridized carbons (Fsp3) is 0.318. The van der Waals surface area contributed by atoms with Gasteiger partial charge in [-0.1, -0.05) is 6.07 Å². The number of rotatable bonds is 5. The van der Waals surface area contributed by atoms with E-state index in [1.807, 2.05) is 19.9 Å². The predicted molar refractivity (Wildman–Crippen MR) is 107 cm³/mol. The number of Topliss-reactive ketones (excluding diaryl/α,β-unsaturated/α-hetero) is 1. The Morgan fingerprint density at radius 1 is 1.43 bits per heavy atom. The Hall–Kier alpha value is -3.33. The van der Waals surface area contributed by atoms with Crippen LogP contribution < -0.4 is 14.8 Å². The highest BCUT2D eigenvalue weighted by atomic mass is 16.5. The molecular weight excluding hydrogens is 354 g/mol. The topological polar surface area (TPSA) is 84.2 Å². The number of allylic oxidation sites excluding steroid dienone is 2. The normalized spacial score (nSPS) is 17.4. The molecule has 0 aliphatic carbocycles. The van der Waals surface area contributed by atoms with Crippen molar-refractivity contribution in [2.75, 3.05) is 19.0 Å². The van der Waals surface area contributed by atoms with E-state index in [2.05, 4.69) is 10.3 Å². The van der Waals surface area contributed by atoms with Crippen molar-refractivity contribution < 1.29 is 18.4 Å². The minimum absolute atomic E-state index is 0.00686. The van der Waals surface area contributed by atoms with Gasteiger partial charge >= 0.3 is 0 Å². The second-order valence-electron chi connectivity index (χ2n) is 6.59. The lowest BCUT2D eigenvalue weighted by Gasteiger charge is -2.32. The molecule has 0 radical (unpaired) electrons. The summed E-state index contributed by atoms with van der Waals surface area (Å²) in [6.07, 6.45) is 1.68. The molecule has 1 atom stereocenters. The summed E-state index contributed by atoms with van der Waals surface area (Å²) in [6, 6.07) is 6.56. The molecule has 144 valence electrons. The molecule has 0 unspecified atom stereocenters. The molecular formula is C22H23N3O3. The van der Waals surface area contributed by atoms with Crippen molar-refractivity contribution in [3.8, 4) is 17.7 Å². The summed E-state index contributed by atoms with van der Waals surface area (Å²) in [5.41, 5.74) is 3.99. The number of nitrogens with one attached hydrogen (secondary N) is 1. The van der Waals surface area contributed by atoms with Crippen LogP contribution in [0.2, 0.25) is 0 Å². The van der Waals surface area contributed by atoms with E-state index in [-0.39, 0.29) is 17.1 Å². The second kappa shape index (κ2) is 7.73. The Kier molecular flexibility index (Phi) is 4.33. The zero-order valence-electron chi connectivity index (χ0n) is 19.2. The Labute approximate surface area is 169 Å². The minimum atomic E-state index is -2.73. The number of ether oxygens (including phenoxy) is 2. The fourth-order valence-electron chi connectivity index (χ4n) is 3.62. The van der Waals surface area contributed by atoms with Crippen LogP contribution in [0.1, 0.15) is 53.1 Å². The van der Waals surface area contributed by atoms with Gasteiger partial charge in [-0.15, -0.1) is 0 Å². The highest BCUT2D eigenvalue weighted by Gasteiger charge is 2.36. The molecule has 0 fully saturated rings. The number of hydrogen-bond acceptors (Lipinski definition) is 6. The van der Waals surface area contributed by atoms with Crippen molar-refractivity contribution in [1.82, 2.24) is 4.98 Å². The maximum absolute atomic E-state index is 12.7. The number of nitriles is 1. The molecule has 6 heteroatoms. The van der Waals surface area contributed by atoms with Crippen LogP contribution in [-0.4, -0.2) is 24.4 Å². The Bertz CT molecular complexity index is 1120. The van der Waals surface area contributed by atoms with Gasteiger partial charge in [0.1, 0.15) is 5.75 Å². The van der Waals surface area contributed by atoms with Crippen molar-refractivity contribution in [2.45, 2.75) is 33.6 Å². The summed E-state index contributed by atoms with van der Waals surface area (Å²) in [7, 11) is -2.73. The number of methoxy groups -OCH3 is 1. The molecule has 0 saturated heterocycles. The number of ketones is 1. The van der Waals surface area contributed by atoms with Gasteiger partial charge < -0.3 is 14.8 Å². The first-order valence-electron chi connectivity index (χ1n) is 10.4. The van der Waals surface area contributed by atoms with Crippen molar-refractivity contribution in [2.24, 2.45) is 0 Å². The van der Waals surface area contributed by atoms with Crippen molar-refractivity contribution >= 4 is 11.5 Å². The van der Waals surface area contributed by atoms with Gasteiger partial charge in [0.15, 0.2) is 5.78 Å². The van der Waals surface area contributed by atoms with E-state index in [1.54, 1.807) is 25.3 Å². The number of aryl methyl sites for hydroxylation is 1. The van der Waals surface area contributed by atoms with Crippen molar-refractivity contribution in [3.63, 3.8) is 0 Å². The summed E-state index contributed by atoms with van der Waals surface area (Å²) >= 11 is 0. The third-order valence-electron chi connectivity index (χ3n) is 4.79. The zero-order chi connectivity index (χ0) is 22.9. The first kappa shape index (κ1) is 15.7. The van der Waals surface area contributed by atoms with Crippen LogP contribution in [0.15, 0.2) is 35.7 Å². The van der Waals surface area contributed by atoms with E-state index in [9.17, 15) is 10.1 Å². The van der Waals surface area contributed by atoms with Gasteiger partial charge in [0, 0.05) is 23.0 Å². The summed E-state index contributed by atoms with van der Waals surface area (Å²) < 4.78 is 33.7. The van der Waals surface area contributed by atoms with E-state index >= 15 is 0 Å². The molecule has 0 amide bonds. The van der Waals surface area contributed by atoms with Gasteiger partial charge in [-0.2, -0.15) is 5.26 Å². The van der Waals surface area contributed by atoms with Crippen LogP contribution in [0.5, 0.6) is 11.6 Å². The molecule has 0 spiro atoms. The quantitative estimate of drug-likeness (QED) is 0.841. The summed E-state index contributed by atoms with van der Waals surface area (Å²) in [6.45, 7) is 7.32. The number of aromatic nitrogens is 1. The smallest absolute Gasteiger partial charge is 0.219 e. The van der Waals surface area contributed by atoms with Gasteiger partial charge in [-0.3, -0.25) is 4.79 Å². The van der Waals surface area contributed by atoms with Crippen LogP contribution in [0, 0.1) is 18.3 Å². The van der Waals surface area contributed by atoms with Crippen molar-refractivity contribution in [1.29, 1.82) is 5.26 Å². The maximum Gasteiger partial charge on any atom is 0.219 e. The van der Waals surface area contributed by atoms with E-state index in [0.717, 1.165) is 11.3 Å². The van der Waals surface area contributed by atoms with Gasteiger partial charge in [0.05, 0.1) is 46.6 Å². The highest BCUT2D eigenvalue weighted by Crippen LogP contribution is 2.49. The van der Waals surface area contributed by atoms with Crippen LogP contribution in [0.3, 0.4) is 0 Å². The summed E-state index contributed by atoms with van der Waals surface area (Å²) in [5, 5.41) is 12.6. The van der Waals surface area contributed by atoms with E-state index in [1.165, 1.54) is 13.0 Å². The first-order valence-corrected chi connectivity index (χ1v) is 8.91. The van der Waals surface area contributed by atoms with Crippen LogP contribution >= 0.6 is 0 Å². The SMILES string of the molecule is [2H]C([2H])([2H])Oc1cc(C#N)ccc1[C@@H]1C(C(C)=O)=C(C)Nc2c(C)cnc(OCC)c21. The molecule has 1 aliphatic heterocycles. The van der Waals surface area contributed by atoms with Gasteiger partial charge in [-0.25, -0.2) is 4.98 Å². The van der Waals surface area contributed by atoms with Crippen LogP contribution in [0.25, 0.3) is 0 Å². The van der Waals surface area contributed by atoms with Gasteiger partial charge in [0.25, 0.3) is 0 Å². The van der Waals surface area contributed by atoms with Gasteiger partial charge in [-0.05, 0) is 45.4 Å². The average Bonchev–Trinajstić information content (AvgIpc) is 2.68. The molecule has 28 heavy (non-hydrogen) atoms. The van der Waals surface area contributed by atoms with Gasteiger partial charge in [0.2, 0.25) is 5.88 Å². The molecule has 2 heterocycles. The number of pyridine rings is 1. The zero-order valence-corrected chi connectivity index (χ0v) is 16.2. The average molecular weight is 380 g/mol. The Balaban J connectivity index is 2.38. The lowest BCUT2D eigenvalue weighted by molar-refractivity contribution is -0.113. The monoisotopic (exact) mass is 380 g/mol. The Morgan fingerprint density at radius 3 is 2.86 bits per heavy atom. The van der Waals surface area contributed by atoms with E-state index in [4.69, 9.17) is 13.6 Å². The van der Waals surface area contributed by atoms with E-state index in [0.29, 0.717) is 34.9 Å². The summed E-state index contributed by atoms with van der Waals surface area (Å²) in [5.74, 6) is -0.523. The molecule has 0 saturated carbocycles. The standard InChI is InChI=1S/C22H23N3O3/c1-6-28-22-20-19(16-8-7-15(10-23)9-17(16)27-5)18(14(4)26)13(3)25-21(20)12(2)11-24-22/h7-9,11,19,25H,6H2,1-5H3/t19-/m1/s1/i5D3. The summed E-state index contributed by atoms with van der Waals surface area (Å²) in [4.78, 5) is 17.1. The lowest BCUT2D eigenvalue weighted by atomic mass is 9.78.